The Balaban J connectivity index is 2.33. The lowest BCUT2D eigenvalue weighted by Gasteiger charge is -2.30. The van der Waals surface area contributed by atoms with Crippen LogP contribution >= 0.6 is 11.8 Å². The van der Waals surface area contributed by atoms with Crippen molar-refractivity contribution in [1.82, 2.24) is 4.90 Å². The molecular weight excluding hydrogens is 266 g/mol. The molecule has 0 spiro atoms. The molecule has 0 saturated carbocycles. The Kier molecular flexibility index (Phi) is 3.94. The summed E-state index contributed by atoms with van der Waals surface area (Å²) in [5.41, 5.74) is 5.40. The van der Waals surface area contributed by atoms with Gasteiger partial charge in [-0.3, -0.25) is 14.9 Å². The second-order valence-corrected chi connectivity index (χ2v) is 5.98. The van der Waals surface area contributed by atoms with E-state index in [1.54, 1.807) is 22.7 Å². The van der Waals surface area contributed by atoms with E-state index in [9.17, 15) is 14.9 Å². The number of amides is 1. The molecule has 0 aliphatic carbocycles. The van der Waals surface area contributed by atoms with Gasteiger partial charge in [0.1, 0.15) is 11.3 Å². The molecule has 2 N–H and O–H groups in total. The van der Waals surface area contributed by atoms with Gasteiger partial charge in [-0.2, -0.15) is 11.8 Å². The average molecular weight is 281 g/mol. The second-order valence-electron chi connectivity index (χ2n) is 4.43. The standard InChI is InChI=1S/C12H15N3O3S/c1-8-7-14(5-6-19-8)12(16)9-3-2-4-10(13)11(9)15(17)18/h2-4,8H,5-7,13H2,1H3. The Labute approximate surface area is 115 Å². The molecule has 102 valence electrons. The van der Waals surface area contributed by atoms with Crippen molar-refractivity contribution in [1.29, 1.82) is 0 Å². The van der Waals surface area contributed by atoms with Crippen LogP contribution in [0.15, 0.2) is 18.2 Å². The summed E-state index contributed by atoms with van der Waals surface area (Å²) in [6.07, 6.45) is 0. The highest BCUT2D eigenvalue weighted by Gasteiger charge is 2.29. The van der Waals surface area contributed by atoms with E-state index in [0.717, 1.165) is 5.75 Å². The molecule has 7 heteroatoms. The summed E-state index contributed by atoms with van der Waals surface area (Å²) in [7, 11) is 0. The lowest BCUT2D eigenvalue weighted by Crippen LogP contribution is -2.41. The smallest absolute Gasteiger partial charge is 0.304 e. The third kappa shape index (κ3) is 2.81. The van der Waals surface area contributed by atoms with Crippen LogP contribution in [0.2, 0.25) is 0 Å². The molecule has 2 rings (SSSR count). The number of carbonyl (C=O) groups is 1. The maximum Gasteiger partial charge on any atom is 0.304 e. The predicted octanol–water partition coefficient (Wildman–Crippen LogP) is 1.75. The number of thioether (sulfide) groups is 1. The fourth-order valence-electron chi connectivity index (χ4n) is 2.11. The number of para-hydroxylation sites is 1. The molecule has 1 aromatic rings. The quantitative estimate of drug-likeness (QED) is 0.507. The van der Waals surface area contributed by atoms with E-state index in [1.165, 1.54) is 12.1 Å². The monoisotopic (exact) mass is 281 g/mol. The van der Waals surface area contributed by atoms with E-state index in [0.29, 0.717) is 18.3 Å². The van der Waals surface area contributed by atoms with E-state index in [1.807, 2.05) is 6.92 Å². The van der Waals surface area contributed by atoms with Gasteiger partial charge < -0.3 is 10.6 Å². The highest BCUT2D eigenvalue weighted by atomic mass is 32.2. The molecular formula is C12H15N3O3S. The first-order valence-corrected chi connectivity index (χ1v) is 6.99. The number of carbonyl (C=O) groups excluding carboxylic acids is 1. The SMILES string of the molecule is CC1CN(C(=O)c2cccc(N)c2[N+](=O)[O-])CCS1. The molecule has 1 aromatic carbocycles. The summed E-state index contributed by atoms with van der Waals surface area (Å²) in [6.45, 7) is 3.26. The lowest BCUT2D eigenvalue weighted by molar-refractivity contribution is -0.384. The first-order valence-electron chi connectivity index (χ1n) is 5.94. The van der Waals surface area contributed by atoms with Crippen LogP contribution in [0.4, 0.5) is 11.4 Å². The number of nitrogens with two attached hydrogens (primary N) is 1. The zero-order valence-corrected chi connectivity index (χ0v) is 11.4. The van der Waals surface area contributed by atoms with E-state index in [2.05, 4.69) is 0 Å². The predicted molar refractivity (Wildman–Crippen MR) is 75.3 cm³/mol. The molecule has 1 unspecified atom stereocenters. The zero-order valence-electron chi connectivity index (χ0n) is 10.5. The van der Waals surface area contributed by atoms with Crippen LogP contribution in [0.3, 0.4) is 0 Å². The van der Waals surface area contributed by atoms with E-state index >= 15 is 0 Å². The van der Waals surface area contributed by atoms with Crippen molar-refractivity contribution in [3.8, 4) is 0 Å². The van der Waals surface area contributed by atoms with Crippen molar-refractivity contribution in [2.45, 2.75) is 12.2 Å². The number of rotatable bonds is 2. The Bertz CT molecular complexity index is 521. The van der Waals surface area contributed by atoms with Crippen LogP contribution in [0.25, 0.3) is 0 Å². The second kappa shape index (κ2) is 5.48. The molecule has 0 radical (unpaired) electrons. The number of nitrogens with zero attached hydrogens (tertiary/aromatic N) is 2. The Morgan fingerprint density at radius 3 is 2.95 bits per heavy atom. The molecule has 1 aliphatic rings. The maximum absolute atomic E-state index is 12.4. The third-order valence-electron chi connectivity index (χ3n) is 3.01. The van der Waals surface area contributed by atoms with Gasteiger partial charge in [0.05, 0.1) is 4.92 Å². The normalized spacial score (nSPS) is 19.2. The van der Waals surface area contributed by atoms with Gasteiger partial charge in [0, 0.05) is 24.1 Å². The molecule has 0 bridgehead atoms. The summed E-state index contributed by atoms with van der Waals surface area (Å²) >= 11 is 1.80. The van der Waals surface area contributed by atoms with Crippen molar-refractivity contribution < 1.29 is 9.72 Å². The van der Waals surface area contributed by atoms with Gasteiger partial charge in [-0.25, -0.2) is 0 Å². The molecule has 1 atom stereocenters. The van der Waals surface area contributed by atoms with Crippen LogP contribution < -0.4 is 5.73 Å². The topological polar surface area (TPSA) is 89.5 Å². The Hall–Kier alpha value is -1.76. The highest BCUT2D eigenvalue weighted by molar-refractivity contribution is 7.99. The number of anilines is 1. The Morgan fingerprint density at radius 2 is 2.32 bits per heavy atom. The maximum atomic E-state index is 12.4. The molecule has 1 heterocycles. The Morgan fingerprint density at radius 1 is 1.58 bits per heavy atom. The number of benzene rings is 1. The molecule has 1 saturated heterocycles. The van der Waals surface area contributed by atoms with Crippen molar-refractivity contribution in [3.05, 3.63) is 33.9 Å². The fourth-order valence-corrected chi connectivity index (χ4v) is 3.12. The lowest BCUT2D eigenvalue weighted by atomic mass is 10.1. The summed E-state index contributed by atoms with van der Waals surface area (Å²) in [5, 5.41) is 11.4. The van der Waals surface area contributed by atoms with Crippen LogP contribution in [-0.2, 0) is 0 Å². The van der Waals surface area contributed by atoms with E-state index in [4.69, 9.17) is 5.73 Å². The number of nitrogen functional groups attached to an aromatic ring is 1. The van der Waals surface area contributed by atoms with Crippen molar-refractivity contribution in [3.63, 3.8) is 0 Å². The van der Waals surface area contributed by atoms with Gasteiger partial charge in [0.15, 0.2) is 0 Å². The van der Waals surface area contributed by atoms with Crippen LogP contribution in [0, 0.1) is 10.1 Å². The number of nitro groups is 1. The summed E-state index contributed by atoms with van der Waals surface area (Å²) in [4.78, 5) is 24.5. The van der Waals surface area contributed by atoms with Crippen LogP contribution in [-0.4, -0.2) is 39.8 Å². The number of hydrogen-bond acceptors (Lipinski definition) is 5. The van der Waals surface area contributed by atoms with Crippen molar-refractivity contribution >= 4 is 29.0 Å². The number of hydrogen-bond donors (Lipinski definition) is 1. The van der Waals surface area contributed by atoms with Crippen LogP contribution in [0.1, 0.15) is 17.3 Å². The first kappa shape index (κ1) is 13.7. The largest absolute Gasteiger partial charge is 0.393 e. The summed E-state index contributed by atoms with van der Waals surface area (Å²) < 4.78 is 0. The van der Waals surface area contributed by atoms with Crippen molar-refractivity contribution in [2.24, 2.45) is 0 Å². The zero-order chi connectivity index (χ0) is 14.0. The summed E-state index contributed by atoms with van der Waals surface area (Å²) in [5.74, 6) is 0.536. The van der Waals surface area contributed by atoms with Gasteiger partial charge in [-0.1, -0.05) is 13.0 Å². The molecule has 0 aromatic heterocycles. The minimum atomic E-state index is -0.593. The minimum absolute atomic E-state index is 0.0234. The highest BCUT2D eigenvalue weighted by Crippen LogP contribution is 2.28. The van der Waals surface area contributed by atoms with E-state index < -0.39 is 4.92 Å². The molecule has 1 aliphatic heterocycles. The van der Waals surface area contributed by atoms with Gasteiger partial charge in [-0.15, -0.1) is 0 Å². The first-order chi connectivity index (χ1) is 9.00. The summed E-state index contributed by atoms with van der Waals surface area (Å²) in [6, 6.07) is 4.46. The van der Waals surface area contributed by atoms with Crippen LogP contribution in [0.5, 0.6) is 0 Å². The average Bonchev–Trinajstić information content (AvgIpc) is 2.37. The molecule has 19 heavy (non-hydrogen) atoms. The molecule has 6 nitrogen and oxygen atoms in total. The van der Waals surface area contributed by atoms with E-state index in [-0.39, 0.29) is 22.8 Å². The molecule has 1 fully saturated rings. The van der Waals surface area contributed by atoms with Gasteiger partial charge in [-0.05, 0) is 12.1 Å². The van der Waals surface area contributed by atoms with Gasteiger partial charge >= 0.3 is 5.69 Å². The minimum Gasteiger partial charge on any atom is -0.393 e. The third-order valence-corrected chi connectivity index (χ3v) is 4.14. The van der Waals surface area contributed by atoms with Gasteiger partial charge in [0.25, 0.3) is 5.91 Å². The van der Waals surface area contributed by atoms with Gasteiger partial charge in [0.2, 0.25) is 0 Å². The van der Waals surface area contributed by atoms with Crippen molar-refractivity contribution in [2.75, 3.05) is 24.6 Å². The fraction of sp³-hybridized carbons (Fsp3) is 0.417. The number of nitro benzene ring substituents is 1. The molecule has 1 amide bonds.